The van der Waals surface area contributed by atoms with Crippen LogP contribution in [0.3, 0.4) is 0 Å². The standard InChI is InChI=1S/C8H8Br2O4S/c1-14-8(13)6(12)5(11)4-2-3(9)7(10)15-4/h2,5-6,11-12H,1H3. The lowest BCUT2D eigenvalue weighted by atomic mass is 10.2. The minimum atomic E-state index is -1.56. The SMILES string of the molecule is COC(=O)C(O)C(O)c1cc(Br)c(Br)s1. The molecule has 1 rings (SSSR count). The molecule has 0 amide bonds. The van der Waals surface area contributed by atoms with Crippen LogP contribution in [0, 0.1) is 0 Å². The molecule has 4 nitrogen and oxygen atoms in total. The highest BCUT2D eigenvalue weighted by Gasteiger charge is 2.28. The van der Waals surface area contributed by atoms with Crippen LogP contribution in [0.1, 0.15) is 11.0 Å². The number of aliphatic hydroxyl groups is 2. The third kappa shape index (κ3) is 3.01. The number of carbonyl (C=O) groups excluding carboxylic acids is 1. The average molecular weight is 360 g/mol. The van der Waals surface area contributed by atoms with Crippen LogP contribution >= 0.6 is 43.2 Å². The Hall–Kier alpha value is 0.0500. The number of aliphatic hydroxyl groups excluding tert-OH is 2. The molecule has 84 valence electrons. The van der Waals surface area contributed by atoms with Crippen molar-refractivity contribution >= 4 is 49.2 Å². The molecule has 0 aliphatic heterocycles. The largest absolute Gasteiger partial charge is 0.467 e. The Kier molecular flexibility index (Phi) is 4.72. The zero-order chi connectivity index (χ0) is 11.6. The Morgan fingerprint density at radius 2 is 2.13 bits per heavy atom. The smallest absolute Gasteiger partial charge is 0.337 e. The van der Waals surface area contributed by atoms with Gasteiger partial charge in [-0.3, -0.25) is 0 Å². The van der Waals surface area contributed by atoms with Gasteiger partial charge in [-0.15, -0.1) is 11.3 Å². The second-order valence-corrected chi connectivity index (χ2v) is 5.94. The maximum absolute atomic E-state index is 11.0. The predicted molar refractivity (Wildman–Crippen MR) is 62.7 cm³/mol. The van der Waals surface area contributed by atoms with Gasteiger partial charge in [0, 0.05) is 9.35 Å². The summed E-state index contributed by atoms with van der Waals surface area (Å²) in [7, 11) is 1.15. The van der Waals surface area contributed by atoms with Crippen molar-refractivity contribution in [3.63, 3.8) is 0 Å². The zero-order valence-corrected chi connectivity index (χ0v) is 11.6. The van der Waals surface area contributed by atoms with E-state index < -0.39 is 18.2 Å². The summed E-state index contributed by atoms with van der Waals surface area (Å²) in [5, 5.41) is 19.0. The van der Waals surface area contributed by atoms with E-state index >= 15 is 0 Å². The molecule has 0 fully saturated rings. The quantitative estimate of drug-likeness (QED) is 0.808. The van der Waals surface area contributed by atoms with Gasteiger partial charge in [0.25, 0.3) is 0 Å². The minimum absolute atomic E-state index is 0.478. The van der Waals surface area contributed by atoms with Gasteiger partial charge in [0.15, 0.2) is 6.10 Å². The molecule has 0 radical (unpaired) electrons. The van der Waals surface area contributed by atoms with Crippen LogP contribution < -0.4 is 0 Å². The van der Waals surface area contributed by atoms with Crippen LogP contribution in [-0.4, -0.2) is 29.4 Å². The van der Waals surface area contributed by atoms with E-state index in [9.17, 15) is 15.0 Å². The fourth-order valence-corrected chi connectivity index (χ4v) is 3.02. The molecule has 0 saturated heterocycles. The number of esters is 1. The molecule has 1 heterocycles. The van der Waals surface area contributed by atoms with Crippen molar-refractivity contribution in [2.75, 3.05) is 7.11 Å². The minimum Gasteiger partial charge on any atom is -0.467 e. The average Bonchev–Trinajstić information content (AvgIpc) is 2.56. The summed E-state index contributed by atoms with van der Waals surface area (Å²) < 4.78 is 5.87. The van der Waals surface area contributed by atoms with E-state index in [1.165, 1.54) is 11.3 Å². The third-order valence-corrected chi connectivity index (χ3v) is 5.02. The van der Waals surface area contributed by atoms with Crippen molar-refractivity contribution in [1.29, 1.82) is 0 Å². The Morgan fingerprint density at radius 3 is 2.53 bits per heavy atom. The van der Waals surface area contributed by atoms with Gasteiger partial charge < -0.3 is 14.9 Å². The number of halogens is 2. The van der Waals surface area contributed by atoms with Gasteiger partial charge in [0.05, 0.1) is 10.9 Å². The first-order chi connectivity index (χ1) is 6.97. The molecule has 0 aromatic carbocycles. The van der Waals surface area contributed by atoms with E-state index in [2.05, 4.69) is 36.6 Å². The number of methoxy groups -OCH3 is 1. The van der Waals surface area contributed by atoms with Crippen molar-refractivity contribution < 1.29 is 19.7 Å². The molecule has 2 atom stereocenters. The molecule has 0 bridgehead atoms. The van der Waals surface area contributed by atoms with E-state index in [0.29, 0.717) is 4.88 Å². The van der Waals surface area contributed by atoms with E-state index in [1.54, 1.807) is 6.07 Å². The van der Waals surface area contributed by atoms with E-state index in [4.69, 9.17) is 0 Å². The van der Waals surface area contributed by atoms with Crippen molar-refractivity contribution in [1.82, 2.24) is 0 Å². The number of thiophene rings is 1. The van der Waals surface area contributed by atoms with Crippen molar-refractivity contribution in [3.05, 3.63) is 19.2 Å². The summed E-state index contributed by atoms with van der Waals surface area (Å²) in [6.07, 6.45) is -2.84. The molecule has 0 spiro atoms. The van der Waals surface area contributed by atoms with E-state index in [1.807, 2.05) is 0 Å². The first-order valence-electron chi connectivity index (χ1n) is 3.86. The predicted octanol–water partition coefficient (Wildman–Crippen LogP) is 1.84. The van der Waals surface area contributed by atoms with Gasteiger partial charge in [0.2, 0.25) is 0 Å². The molecule has 7 heteroatoms. The molecular weight excluding hydrogens is 352 g/mol. The molecule has 0 saturated carbocycles. The summed E-state index contributed by atoms with van der Waals surface area (Å²) in [4.78, 5) is 11.4. The van der Waals surface area contributed by atoms with Crippen LogP contribution in [0.25, 0.3) is 0 Å². The molecule has 0 aliphatic carbocycles. The zero-order valence-electron chi connectivity index (χ0n) is 7.61. The fraction of sp³-hybridized carbons (Fsp3) is 0.375. The summed E-state index contributed by atoms with van der Waals surface area (Å²) >= 11 is 7.72. The topological polar surface area (TPSA) is 66.8 Å². The normalized spacial score (nSPS) is 14.7. The lowest BCUT2D eigenvalue weighted by Crippen LogP contribution is -2.28. The number of ether oxygens (including phenoxy) is 1. The van der Waals surface area contributed by atoms with Crippen LogP contribution in [0.2, 0.25) is 0 Å². The van der Waals surface area contributed by atoms with E-state index in [-0.39, 0.29) is 0 Å². The Balaban J connectivity index is 2.84. The van der Waals surface area contributed by atoms with Gasteiger partial charge in [0.1, 0.15) is 6.10 Å². The van der Waals surface area contributed by atoms with Crippen LogP contribution in [-0.2, 0) is 9.53 Å². The van der Waals surface area contributed by atoms with Crippen LogP contribution in [0.4, 0.5) is 0 Å². The molecule has 1 aromatic rings. The second-order valence-electron chi connectivity index (χ2n) is 2.68. The van der Waals surface area contributed by atoms with Gasteiger partial charge >= 0.3 is 5.97 Å². The molecule has 15 heavy (non-hydrogen) atoms. The van der Waals surface area contributed by atoms with Crippen molar-refractivity contribution in [2.24, 2.45) is 0 Å². The first-order valence-corrected chi connectivity index (χ1v) is 6.26. The highest BCUT2D eigenvalue weighted by molar-refractivity contribution is 9.13. The molecule has 1 aromatic heterocycles. The van der Waals surface area contributed by atoms with Crippen molar-refractivity contribution in [2.45, 2.75) is 12.2 Å². The number of carbonyl (C=O) groups is 1. The van der Waals surface area contributed by atoms with Gasteiger partial charge in [-0.05, 0) is 37.9 Å². The van der Waals surface area contributed by atoms with Crippen LogP contribution in [0.15, 0.2) is 14.3 Å². The molecule has 2 N–H and O–H groups in total. The van der Waals surface area contributed by atoms with Gasteiger partial charge in [-0.25, -0.2) is 4.79 Å². The maximum atomic E-state index is 11.0. The van der Waals surface area contributed by atoms with Gasteiger partial charge in [-0.1, -0.05) is 0 Å². The fourth-order valence-electron chi connectivity index (χ4n) is 0.914. The molecule has 0 aliphatic rings. The molecule has 2 unspecified atom stereocenters. The second kappa shape index (κ2) is 5.40. The number of rotatable bonds is 3. The van der Waals surface area contributed by atoms with Crippen LogP contribution in [0.5, 0.6) is 0 Å². The summed E-state index contributed by atoms with van der Waals surface area (Å²) in [6.45, 7) is 0. The molecular formula is C8H8Br2O4S. The van der Waals surface area contributed by atoms with Crippen molar-refractivity contribution in [3.8, 4) is 0 Å². The lowest BCUT2D eigenvalue weighted by Gasteiger charge is -2.13. The monoisotopic (exact) mass is 358 g/mol. The van der Waals surface area contributed by atoms with E-state index in [0.717, 1.165) is 15.4 Å². The Morgan fingerprint density at radius 1 is 1.53 bits per heavy atom. The maximum Gasteiger partial charge on any atom is 0.337 e. The lowest BCUT2D eigenvalue weighted by molar-refractivity contribution is -0.156. The number of hydrogen-bond donors (Lipinski definition) is 2. The Labute approximate surface area is 107 Å². The van der Waals surface area contributed by atoms with Gasteiger partial charge in [-0.2, -0.15) is 0 Å². The Bertz CT molecular complexity index is 346. The summed E-state index contributed by atoms with van der Waals surface area (Å²) in [6, 6.07) is 1.63. The highest BCUT2D eigenvalue weighted by atomic mass is 79.9. The highest BCUT2D eigenvalue weighted by Crippen LogP contribution is 2.36. The number of hydrogen-bond acceptors (Lipinski definition) is 5. The third-order valence-electron chi connectivity index (χ3n) is 1.70. The first kappa shape index (κ1) is 13.1. The summed E-state index contributed by atoms with van der Waals surface area (Å²) in [5.74, 6) is -0.858. The summed E-state index contributed by atoms with van der Waals surface area (Å²) in [5.41, 5.74) is 0.